The zero-order valence-electron chi connectivity index (χ0n) is 15.2. The van der Waals surface area contributed by atoms with Gasteiger partial charge in [-0.05, 0) is 55.9 Å². The maximum absolute atomic E-state index is 9.57. The lowest BCUT2D eigenvalue weighted by Crippen LogP contribution is -2.60. The SMILES string of the molecule is N#CCCO[C@]12CC3C[C@H](C1)[C@@H](Nc1c(C#N)cnc4[nH]ccc14)[C@@H](C3)C2. The fraction of sp³-hybridized carbons (Fsp3) is 0.571. The first-order valence-electron chi connectivity index (χ1n) is 9.85. The third-order valence-corrected chi connectivity index (χ3v) is 6.86. The lowest BCUT2D eigenvalue weighted by Gasteiger charge is -2.59. The first-order chi connectivity index (χ1) is 13.2. The van der Waals surface area contributed by atoms with E-state index in [1.54, 1.807) is 6.20 Å². The molecule has 0 saturated heterocycles. The average molecular weight is 361 g/mol. The number of H-pyrrole nitrogens is 1. The number of hydrogen-bond donors (Lipinski definition) is 2. The Hall–Kier alpha value is -2.57. The molecule has 4 fully saturated rings. The summed E-state index contributed by atoms with van der Waals surface area (Å²) in [6, 6.07) is 6.86. The minimum absolute atomic E-state index is 0.0226. The Bertz CT molecular complexity index is 936. The van der Waals surface area contributed by atoms with Gasteiger partial charge < -0.3 is 15.0 Å². The van der Waals surface area contributed by atoms with Crippen molar-refractivity contribution in [1.29, 1.82) is 10.5 Å². The van der Waals surface area contributed by atoms with E-state index in [0.29, 0.717) is 36.5 Å². The maximum Gasteiger partial charge on any atom is 0.139 e. The number of fused-ring (bicyclic) bond motifs is 1. The molecule has 0 aliphatic heterocycles. The van der Waals surface area contributed by atoms with Gasteiger partial charge in [-0.2, -0.15) is 10.5 Å². The van der Waals surface area contributed by atoms with Crippen LogP contribution in [-0.4, -0.2) is 28.2 Å². The van der Waals surface area contributed by atoms with E-state index in [1.807, 2.05) is 12.3 Å². The van der Waals surface area contributed by atoms with Gasteiger partial charge in [-0.3, -0.25) is 0 Å². The molecule has 4 aliphatic carbocycles. The van der Waals surface area contributed by atoms with E-state index in [1.165, 1.54) is 12.8 Å². The Morgan fingerprint density at radius 3 is 2.81 bits per heavy atom. The number of rotatable bonds is 5. The fourth-order valence-electron chi connectivity index (χ4n) is 6.09. The smallest absolute Gasteiger partial charge is 0.139 e. The van der Waals surface area contributed by atoms with Crippen LogP contribution < -0.4 is 5.32 Å². The van der Waals surface area contributed by atoms with Crippen LogP contribution in [0, 0.1) is 40.4 Å². The summed E-state index contributed by atoms with van der Waals surface area (Å²) in [5.74, 6) is 1.86. The number of nitriles is 2. The molecule has 0 spiro atoms. The van der Waals surface area contributed by atoms with Gasteiger partial charge in [0.25, 0.3) is 0 Å². The molecule has 138 valence electrons. The molecule has 2 N–H and O–H groups in total. The molecule has 2 heterocycles. The second kappa shape index (κ2) is 6.25. The van der Waals surface area contributed by atoms with E-state index in [2.05, 4.69) is 27.4 Å². The molecule has 27 heavy (non-hydrogen) atoms. The average Bonchev–Trinajstić information content (AvgIpc) is 3.13. The van der Waals surface area contributed by atoms with E-state index < -0.39 is 0 Å². The standard InChI is InChI=1S/C21H23N5O/c22-3-1-5-27-21-8-13-6-14(9-21)18(15(7-13)10-21)26-19-16(11-23)12-25-20-17(19)2-4-24-20/h2,4,12-15,18H,1,5-10H2,(H2,24,25,26)/t13?,14-,15+,18-,21-. The third-order valence-electron chi connectivity index (χ3n) is 6.86. The first kappa shape index (κ1) is 16.6. The molecule has 1 unspecified atom stereocenters. The number of nitrogens with zero attached hydrogens (tertiary/aromatic N) is 3. The van der Waals surface area contributed by atoms with Crippen LogP contribution in [0.1, 0.15) is 44.1 Å². The van der Waals surface area contributed by atoms with Crippen LogP contribution in [0.3, 0.4) is 0 Å². The largest absolute Gasteiger partial charge is 0.380 e. The summed E-state index contributed by atoms with van der Waals surface area (Å²) in [5, 5.41) is 23.2. The zero-order valence-corrected chi connectivity index (χ0v) is 15.2. The molecular formula is C21H23N5O. The molecule has 5 atom stereocenters. The zero-order chi connectivity index (χ0) is 18.4. The van der Waals surface area contributed by atoms with Crippen LogP contribution in [0.2, 0.25) is 0 Å². The van der Waals surface area contributed by atoms with Crippen molar-refractivity contribution in [3.05, 3.63) is 24.0 Å². The molecular weight excluding hydrogens is 338 g/mol. The van der Waals surface area contributed by atoms with Crippen LogP contribution in [0.15, 0.2) is 18.5 Å². The number of hydrogen-bond acceptors (Lipinski definition) is 5. The van der Waals surface area contributed by atoms with Crippen molar-refractivity contribution in [2.24, 2.45) is 17.8 Å². The van der Waals surface area contributed by atoms with E-state index >= 15 is 0 Å². The van der Waals surface area contributed by atoms with Crippen LogP contribution >= 0.6 is 0 Å². The van der Waals surface area contributed by atoms with Crippen molar-refractivity contribution in [3.8, 4) is 12.1 Å². The van der Waals surface area contributed by atoms with Gasteiger partial charge in [0.2, 0.25) is 0 Å². The number of aromatic nitrogens is 2. The molecule has 4 bridgehead atoms. The van der Waals surface area contributed by atoms with E-state index in [9.17, 15) is 5.26 Å². The summed E-state index contributed by atoms with van der Waals surface area (Å²) in [4.78, 5) is 7.49. The normalized spacial score (nSPS) is 33.7. The van der Waals surface area contributed by atoms with Gasteiger partial charge in [0.1, 0.15) is 11.7 Å². The van der Waals surface area contributed by atoms with Gasteiger partial charge in [0.15, 0.2) is 0 Å². The topological polar surface area (TPSA) is 97.5 Å². The van der Waals surface area contributed by atoms with Gasteiger partial charge in [-0.25, -0.2) is 4.98 Å². The maximum atomic E-state index is 9.57. The predicted molar refractivity (Wildman–Crippen MR) is 101 cm³/mol. The molecule has 2 aromatic heterocycles. The van der Waals surface area contributed by atoms with E-state index in [-0.39, 0.29) is 5.60 Å². The monoisotopic (exact) mass is 361 g/mol. The molecule has 4 saturated carbocycles. The second-order valence-corrected chi connectivity index (χ2v) is 8.48. The predicted octanol–water partition coefficient (Wildman–Crippen LogP) is 3.72. The highest BCUT2D eigenvalue weighted by molar-refractivity contribution is 5.92. The van der Waals surface area contributed by atoms with E-state index in [4.69, 9.17) is 10.00 Å². The number of aromatic amines is 1. The lowest BCUT2D eigenvalue weighted by atomic mass is 9.52. The van der Waals surface area contributed by atoms with Gasteiger partial charge in [-0.15, -0.1) is 0 Å². The highest BCUT2D eigenvalue weighted by atomic mass is 16.5. The Morgan fingerprint density at radius 1 is 1.26 bits per heavy atom. The Labute approximate surface area is 158 Å². The van der Waals surface area contributed by atoms with Gasteiger partial charge >= 0.3 is 0 Å². The number of anilines is 1. The quantitative estimate of drug-likeness (QED) is 0.791. The van der Waals surface area contributed by atoms with Crippen molar-refractivity contribution >= 4 is 16.7 Å². The summed E-state index contributed by atoms with van der Waals surface area (Å²) in [5.41, 5.74) is 2.32. The van der Waals surface area contributed by atoms with Crippen molar-refractivity contribution in [3.63, 3.8) is 0 Å². The van der Waals surface area contributed by atoms with Gasteiger partial charge in [-0.1, -0.05) is 0 Å². The number of pyridine rings is 1. The summed E-state index contributed by atoms with van der Waals surface area (Å²) >= 11 is 0. The molecule has 0 aromatic carbocycles. The summed E-state index contributed by atoms with van der Waals surface area (Å²) < 4.78 is 6.27. The molecule has 4 aliphatic rings. The highest BCUT2D eigenvalue weighted by Gasteiger charge is 2.56. The number of ether oxygens (including phenoxy) is 1. The van der Waals surface area contributed by atoms with Crippen LogP contribution in [0.4, 0.5) is 5.69 Å². The summed E-state index contributed by atoms with van der Waals surface area (Å²) in [6.45, 7) is 0.549. The van der Waals surface area contributed by atoms with Crippen LogP contribution in [-0.2, 0) is 4.74 Å². The van der Waals surface area contributed by atoms with Crippen molar-refractivity contribution in [1.82, 2.24) is 9.97 Å². The highest BCUT2D eigenvalue weighted by Crippen LogP contribution is 2.58. The minimum atomic E-state index is -0.0226. The third kappa shape index (κ3) is 2.67. The summed E-state index contributed by atoms with van der Waals surface area (Å²) in [7, 11) is 0. The van der Waals surface area contributed by atoms with Crippen molar-refractivity contribution in [2.45, 2.75) is 50.2 Å². The molecule has 0 amide bonds. The molecule has 6 heteroatoms. The Balaban J connectivity index is 1.42. The van der Waals surface area contributed by atoms with Gasteiger partial charge in [0.05, 0.1) is 35.9 Å². The Kier molecular flexibility index (Phi) is 3.84. The second-order valence-electron chi connectivity index (χ2n) is 8.48. The Morgan fingerprint density at radius 2 is 2.07 bits per heavy atom. The lowest BCUT2D eigenvalue weighted by molar-refractivity contribution is -0.165. The van der Waals surface area contributed by atoms with Crippen molar-refractivity contribution in [2.75, 3.05) is 11.9 Å². The van der Waals surface area contributed by atoms with Crippen LogP contribution in [0.25, 0.3) is 11.0 Å². The molecule has 2 aromatic rings. The van der Waals surface area contributed by atoms with Crippen molar-refractivity contribution < 1.29 is 4.74 Å². The minimum Gasteiger partial charge on any atom is -0.380 e. The first-order valence-corrected chi connectivity index (χ1v) is 9.85. The van der Waals surface area contributed by atoms with Gasteiger partial charge in [0, 0.05) is 23.8 Å². The molecule has 6 rings (SSSR count). The molecule has 6 nitrogen and oxygen atoms in total. The fourth-order valence-corrected chi connectivity index (χ4v) is 6.09. The summed E-state index contributed by atoms with van der Waals surface area (Å²) in [6.07, 6.45) is 9.75. The van der Waals surface area contributed by atoms with Crippen LogP contribution in [0.5, 0.6) is 0 Å². The van der Waals surface area contributed by atoms with E-state index in [0.717, 1.165) is 41.9 Å². The number of nitrogens with one attached hydrogen (secondary N) is 2. The molecule has 0 radical (unpaired) electrons.